The second-order valence-electron chi connectivity index (χ2n) is 7.74. The molecular formula is C21H25F3N4O. The lowest BCUT2D eigenvalue weighted by Crippen LogP contribution is -2.26. The summed E-state index contributed by atoms with van der Waals surface area (Å²) in [6.45, 7) is 2.84. The minimum absolute atomic E-state index is 0.126. The first kappa shape index (κ1) is 19.9. The average Bonchev–Trinajstić information content (AvgIpc) is 3.14. The zero-order chi connectivity index (χ0) is 20.4. The normalized spacial score (nSPS) is 20.8. The number of alkyl halides is 3. The highest BCUT2D eigenvalue weighted by Gasteiger charge is 2.27. The molecule has 2 aliphatic heterocycles. The summed E-state index contributed by atoms with van der Waals surface area (Å²) in [5.41, 5.74) is 0.927. The number of anilines is 3. The van der Waals surface area contributed by atoms with Gasteiger partial charge in [-0.05, 0) is 61.4 Å². The van der Waals surface area contributed by atoms with Crippen molar-refractivity contribution in [2.24, 2.45) is 0 Å². The molecule has 1 N–H and O–H groups in total. The smallest absolute Gasteiger partial charge is 0.270 e. The van der Waals surface area contributed by atoms with Gasteiger partial charge in [0.25, 0.3) is 5.92 Å². The third-order valence-electron chi connectivity index (χ3n) is 5.52. The molecule has 1 atom stereocenters. The van der Waals surface area contributed by atoms with E-state index in [1.165, 1.54) is 18.3 Å². The summed E-state index contributed by atoms with van der Waals surface area (Å²) in [5, 5.41) is 3.04. The molecule has 156 valence electrons. The Kier molecular flexibility index (Phi) is 5.63. The average molecular weight is 406 g/mol. The molecule has 2 aliphatic rings. The van der Waals surface area contributed by atoms with Crippen molar-refractivity contribution >= 4 is 17.5 Å². The molecule has 29 heavy (non-hydrogen) atoms. The molecule has 1 unspecified atom stereocenters. The number of pyridine rings is 2. The van der Waals surface area contributed by atoms with Crippen LogP contribution < -0.4 is 10.2 Å². The van der Waals surface area contributed by atoms with Crippen LogP contribution in [0.25, 0.3) is 0 Å². The van der Waals surface area contributed by atoms with Crippen molar-refractivity contribution in [1.82, 2.24) is 9.97 Å². The van der Waals surface area contributed by atoms with Crippen LogP contribution in [-0.2, 0) is 10.7 Å². The molecule has 0 spiro atoms. The largest absolute Gasteiger partial charge is 0.381 e. The first-order valence-electron chi connectivity index (χ1n) is 10.0. The van der Waals surface area contributed by atoms with Crippen molar-refractivity contribution in [3.8, 4) is 0 Å². The molecule has 4 heterocycles. The van der Waals surface area contributed by atoms with Gasteiger partial charge in [0.1, 0.15) is 17.5 Å². The number of rotatable bonds is 5. The van der Waals surface area contributed by atoms with Crippen molar-refractivity contribution in [2.45, 2.75) is 50.7 Å². The zero-order valence-electron chi connectivity index (χ0n) is 16.4. The number of hydrogen-bond donors (Lipinski definition) is 1. The third-order valence-corrected chi connectivity index (χ3v) is 5.52. The first-order chi connectivity index (χ1) is 13.9. The summed E-state index contributed by atoms with van der Waals surface area (Å²) in [5.74, 6) is -1.33. The van der Waals surface area contributed by atoms with Gasteiger partial charge in [-0.3, -0.25) is 0 Å². The van der Waals surface area contributed by atoms with Crippen molar-refractivity contribution in [1.29, 1.82) is 0 Å². The monoisotopic (exact) mass is 406 g/mol. The molecule has 0 aromatic carbocycles. The van der Waals surface area contributed by atoms with E-state index in [1.54, 1.807) is 4.90 Å². The minimum atomic E-state index is -2.96. The van der Waals surface area contributed by atoms with Gasteiger partial charge in [0.15, 0.2) is 6.30 Å². The summed E-state index contributed by atoms with van der Waals surface area (Å²) >= 11 is 0. The van der Waals surface area contributed by atoms with Crippen LogP contribution >= 0.6 is 0 Å². The Morgan fingerprint density at radius 1 is 1.14 bits per heavy atom. The van der Waals surface area contributed by atoms with E-state index in [4.69, 9.17) is 4.74 Å². The predicted octanol–water partition coefficient (Wildman–Crippen LogP) is 5.12. The van der Waals surface area contributed by atoms with Crippen LogP contribution in [0.3, 0.4) is 0 Å². The van der Waals surface area contributed by atoms with Crippen LogP contribution in [0, 0.1) is 0 Å². The lowest BCUT2D eigenvalue weighted by atomic mass is 9.92. The van der Waals surface area contributed by atoms with Crippen LogP contribution in [0.5, 0.6) is 0 Å². The molecule has 2 saturated heterocycles. The molecule has 0 bridgehead atoms. The van der Waals surface area contributed by atoms with E-state index in [0.717, 1.165) is 31.7 Å². The standard InChI is InChI=1S/C21H25F3N4O/c1-21(23,24)16-4-7-25-18(13-16)26-19-11-15(14-5-9-29-10-6-14)12-20(27-19)28-8-2-3-17(28)22/h4,7,11-14,17H,2-3,5-6,8-10H2,1H3,(H,25,26,27). The predicted molar refractivity (Wildman–Crippen MR) is 106 cm³/mol. The Bertz CT molecular complexity index is 852. The van der Waals surface area contributed by atoms with Crippen molar-refractivity contribution < 1.29 is 17.9 Å². The van der Waals surface area contributed by atoms with Crippen LogP contribution in [-0.4, -0.2) is 36.0 Å². The molecular weight excluding hydrogens is 381 g/mol. The number of nitrogens with zero attached hydrogens (tertiary/aromatic N) is 3. The molecule has 2 aromatic rings. The van der Waals surface area contributed by atoms with Crippen LogP contribution in [0.2, 0.25) is 0 Å². The van der Waals surface area contributed by atoms with Crippen molar-refractivity contribution in [3.05, 3.63) is 41.6 Å². The van der Waals surface area contributed by atoms with Gasteiger partial charge in [-0.2, -0.15) is 0 Å². The van der Waals surface area contributed by atoms with E-state index in [-0.39, 0.29) is 11.4 Å². The van der Waals surface area contributed by atoms with Gasteiger partial charge in [0.2, 0.25) is 0 Å². The number of aromatic nitrogens is 2. The molecule has 5 nitrogen and oxygen atoms in total. The van der Waals surface area contributed by atoms with E-state index in [2.05, 4.69) is 15.3 Å². The van der Waals surface area contributed by atoms with Crippen molar-refractivity contribution in [2.75, 3.05) is 30.0 Å². The second kappa shape index (κ2) is 8.18. The Morgan fingerprint density at radius 3 is 2.62 bits per heavy atom. The Balaban J connectivity index is 1.66. The molecule has 0 radical (unpaired) electrons. The molecule has 0 aliphatic carbocycles. The topological polar surface area (TPSA) is 50.3 Å². The quantitative estimate of drug-likeness (QED) is 0.699. The van der Waals surface area contributed by atoms with Gasteiger partial charge in [-0.25, -0.2) is 23.1 Å². The summed E-state index contributed by atoms with van der Waals surface area (Å²) < 4.78 is 47.1. The third kappa shape index (κ3) is 4.63. The number of nitrogens with one attached hydrogen (secondary N) is 1. The summed E-state index contributed by atoms with van der Waals surface area (Å²) in [6.07, 6.45) is 3.33. The summed E-state index contributed by atoms with van der Waals surface area (Å²) in [6, 6.07) is 6.46. The number of halogens is 3. The van der Waals surface area contributed by atoms with E-state index in [9.17, 15) is 13.2 Å². The highest BCUT2D eigenvalue weighted by molar-refractivity contribution is 5.58. The second-order valence-corrected chi connectivity index (χ2v) is 7.74. The minimum Gasteiger partial charge on any atom is -0.381 e. The van der Waals surface area contributed by atoms with E-state index in [1.807, 2.05) is 12.1 Å². The molecule has 8 heteroatoms. The molecule has 2 aromatic heterocycles. The van der Waals surface area contributed by atoms with Crippen LogP contribution in [0.15, 0.2) is 30.5 Å². The molecule has 0 saturated carbocycles. The zero-order valence-corrected chi connectivity index (χ0v) is 16.4. The Morgan fingerprint density at radius 2 is 1.93 bits per heavy atom. The van der Waals surface area contributed by atoms with Gasteiger partial charge < -0.3 is 15.0 Å². The van der Waals surface area contributed by atoms with E-state index in [0.29, 0.717) is 43.7 Å². The Labute approximate surface area is 168 Å². The molecule has 4 rings (SSSR count). The van der Waals surface area contributed by atoms with E-state index >= 15 is 0 Å². The molecule has 0 amide bonds. The fourth-order valence-corrected chi connectivity index (χ4v) is 3.90. The van der Waals surface area contributed by atoms with Crippen LogP contribution in [0.4, 0.5) is 30.6 Å². The van der Waals surface area contributed by atoms with Gasteiger partial charge in [-0.15, -0.1) is 0 Å². The maximum atomic E-state index is 14.3. The summed E-state index contributed by atoms with van der Waals surface area (Å²) in [4.78, 5) is 10.4. The van der Waals surface area contributed by atoms with Gasteiger partial charge in [0, 0.05) is 38.4 Å². The van der Waals surface area contributed by atoms with Gasteiger partial charge in [-0.1, -0.05) is 0 Å². The molecule has 2 fully saturated rings. The SMILES string of the molecule is CC(F)(F)c1ccnc(Nc2cc(C3CCOCC3)cc(N3CCCC3F)n2)c1. The lowest BCUT2D eigenvalue weighted by molar-refractivity contribution is 0.0174. The number of hydrogen-bond acceptors (Lipinski definition) is 5. The maximum Gasteiger partial charge on any atom is 0.270 e. The van der Waals surface area contributed by atoms with Crippen LogP contribution in [0.1, 0.15) is 49.7 Å². The van der Waals surface area contributed by atoms with Gasteiger partial charge >= 0.3 is 0 Å². The number of ether oxygens (including phenoxy) is 1. The van der Waals surface area contributed by atoms with Gasteiger partial charge in [0.05, 0.1) is 0 Å². The fourth-order valence-electron chi connectivity index (χ4n) is 3.90. The maximum absolute atomic E-state index is 14.3. The lowest BCUT2D eigenvalue weighted by Gasteiger charge is -2.26. The highest BCUT2D eigenvalue weighted by atomic mass is 19.3. The highest BCUT2D eigenvalue weighted by Crippen LogP contribution is 2.34. The summed E-state index contributed by atoms with van der Waals surface area (Å²) in [7, 11) is 0. The Hall–Kier alpha value is -2.35. The fraction of sp³-hybridized carbons (Fsp3) is 0.524. The van der Waals surface area contributed by atoms with E-state index < -0.39 is 12.2 Å². The van der Waals surface area contributed by atoms with Crippen molar-refractivity contribution in [3.63, 3.8) is 0 Å². The first-order valence-corrected chi connectivity index (χ1v) is 10.0.